The third-order valence-corrected chi connectivity index (χ3v) is 4.91. The monoisotopic (exact) mass is 447 g/mol. The molecule has 3 nitrogen and oxygen atoms in total. The van der Waals surface area contributed by atoms with Gasteiger partial charge in [0.2, 0.25) is 0 Å². The largest absolute Gasteiger partial charge is 0.435 e. The van der Waals surface area contributed by atoms with Crippen molar-refractivity contribution >= 4 is 22.7 Å². The van der Waals surface area contributed by atoms with E-state index in [1.54, 1.807) is 0 Å². The maximum absolute atomic E-state index is 13.8. The molecular formula is C15H5F8NO2S2. The lowest BCUT2D eigenvalue weighted by Gasteiger charge is -2.08. The van der Waals surface area contributed by atoms with Gasteiger partial charge in [-0.15, -0.1) is 22.7 Å². The Labute approximate surface area is 158 Å². The SMILES string of the molecule is Fc1cc(F)c(Oc2csc(C(F)(F)F)c2)nc1Oc1csc(C(F)(F)F)c1. The highest BCUT2D eigenvalue weighted by molar-refractivity contribution is 7.10. The minimum absolute atomic E-state index is 0.283. The summed E-state index contributed by atoms with van der Waals surface area (Å²) >= 11 is 0.572. The highest BCUT2D eigenvalue weighted by Crippen LogP contribution is 2.40. The number of thiophene rings is 2. The van der Waals surface area contributed by atoms with Crippen LogP contribution in [0.2, 0.25) is 0 Å². The van der Waals surface area contributed by atoms with E-state index in [0.29, 0.717) is 12.1 Å². The number of hydrogen-bond donors (Lipinski definition) is 0. The molecule has 3 heterocycles. The summed E-state index contributed by atoms with van der Waals surface area (Å²) in [5.41, 5.74) is 0. The van der Waals surface area contributed by atoms with E-state index >= 15 is 0 Å². The number of halogens is 8. The van der Waals surface area contributed by atoms with Crippen molar-refractivity contribution < 1.29 is 44.6 Å². The number of aromatic nitrogens is 1. The second kappa shape index (κ2) is 7.20. The molecular weight excluding hydrogens is 442 g/mol. The summed E-state index contributed by atoms with van der Waals surface area (Å²) in [6.07, 6.45) is -9.27. The molecule has 0 spiro atoms. The van der Waals surface area contributed by atoms with Crippen molar-refractivity contribution in [3.8, 4) is 23.3 Å². The van der Waals surface area contributed by atoms with Gasteiger partial charge in [-0.2, -0.15) is 31.3 Å². The Hall–Kier alpha value is -2.41. The molecule has 0 aromatic carbocycles. The van der Waals surface area contributed by atoms with Crippen molar-refractivity contribution in [2.75, 3.05) is 0 Å². The van der Waals surface area contributed by atoms with Gasteiger partial charge in [-0.1, -0.05) is 0 Å². The number of alkyl halides is 6. The molecule has 0 saturated carbocycles. The van der Waals surface area contributed by atoms with Crippen LogP contribution in [-0.4, -0.2) is 4.98 Å². The third-order valence-electron chi connectivity index (χ3n) is 3.00. The van der Waals surface area contributed by atoms with Gasteiger partial charge in [-0.3, -0.25) is 0 Å². The molecule has 0 atom stereocenters. The van der Waals surface area contributed by atoms with Crippen LogP contribution in [0.15, 0.2) is 29.0 Å². The number of hydrogen-bond acceptors (Lipinski definition) is 5. The standard InChI is InChI=1S/C15H5F8NO2S2/c16-8-3-9(17)13(26-7-2-11(28-5-7)15(21,22)23)24-12(8)25-6-1-10(27-4-6)14(18,19)20/h1-5H. The molecule has 3 aromatic heterocycles. The summed E-state index contributed by atoms with van der Waals surface area (Å²) in [6, 6.07) is 1.46. The van der Waals surface area contributed by atoms with Gasteiger partial charge in [0.25, 0.3) is 11.8 Å². The van der Waals surface area contributed by atoms with Crippen molar-refractivity contribution in [1.82, 2.24) is 4.98 Å². The normalized spacial score (nSPS) is 12.3. The Balaban J connectivity index is 1.84. The minimum atomic E-state index is -4.63. The van der Waals surface area contributed by atoms with E-state index in [1.165, 1.54) is 0 Å². The highest BCUT2D eigenvalue weighted by atomic mass is 32.1. The molecule has 0 amide bonds. The maximum atomic E-state index is 13.8. The Morgan fingerprint density at radius 2 is 1.07 bits per heavy atom. The lowest BCUT2D eigenvalue weighted by molar-refractivity contribution is -0.135. The first kappa shape index (κ1) is 20.3. The lowest BCUT2D eigenvalue weighted by atomic mass is 10.4. The van der Waals surface area contributed by atoms with Crippen LogP contribution in [0.4, 0.5) is 35.1 Å². The maximum Gasteiger partial charge on any atom is 0.425 e. The van der Waals surface area contributed by atoms with Crippen molar-refractivity contribution in [3.05, 3.63) is 50.3 Å². The molecule has 0 saturated heterocycles. The number of pyridine rings is 1. The number of rotatable bonds is 4. The molecule has 0 aliphatic carbocycles. The van der Waals surface area contributed by atoms with Crippen LogP contribution in [-0.2, 0) is 12.4 Å². The molecule has 0 N–H and O–H groups in total. The van der Waals surface area contributed by atoms with Gasteiger partial charge in [0.15, 0.2) is 11.6 Å². The van der Waals surface area contributed by atoms with Gasteiger partial charge < -0.3 is 9.47 Å². The first-order valence-corrected chi connectivity index (χ1v) is 8.72. The van der Waals surface area contributed by atoms with Gasteiger partial charge in [-0.25, -0.2) is 8.78 Å². The lowest BCUT2D eigenvalue weighted by Crippen LogP contribution is -2.01. The first-order chi connectivity index (χ1) is 12.9. The predicted octanol–water partition coefficient (Wildman–Crippen LogP) is 7.11. The zero-order valence-electron chi connectivity index (χ0n) is 13.0. The van der Waals surface area contributed by atoms with Gasteiger partial charge in [0.05, 0.1) is 0 Å². The summed E-state index contributed by atoms with van der Waals surface area (Å²) in [4.78, 5) is 1.33. The molecule has 3 rings (SSSR count). The molecule has 0 aliphatic heterocycles. The zero-order chi connectivity index (χ0) is 20.7. The molecule has 28 heavy (non-hydrogen) atoms. The van der Waals surface area contributed by atoms with Crippen molar-refractivity contribution in [1.29, 1.82) is 0 Å². The Morgan fingerprint density at radius 3 is 1.39 bits per heavy atom. The van der Waals surface area contributed by atoms with Crippen LogP contribution in [0.25, 0.3) is 0 Å². The minimum Gasteiger partial charge on any atom is -0.435 e. The molecule has 0 unspecified atom stereocenters. The summed E-state index contributed by atoms with van der Waals surface area (Å²) < 4.78 is 113. The number of nitrogens with zero attached hydrogens (tertiary/aromatic N) is 1. The van der Waals surface area contributed by atoms with Crippen LogP contribution in [0.1, 0.15) is 9.75 Å². The van der Waals surface area contributed by atoms with Crippen LogP contribution < -0.4 is 9.47 Å². The Bertz CT molecular complexity index is 917. The van der Waals surface area contributed by atoms with Crippen molar-refractivity contribution in [3.63, 3.8) is 0 Å². The van der Waals surface area contributed by atoms with Crippen LogP contribution >= 0.6 is 22.7 Å². The fraction of sp³-hybridized carbons (Fsp3) is 0.133. The van der Waals surface area contributed by atoms with E-state index in [2.05, 4.69) is 4.98 Å². The van der Waals surface area contributed by atoms with Crippen molar-refractivity contribution in [2.24, 2.45) is 0 Å². The molecule has 0 aliphatic rings. The fourth-order valence-corrected chi connectivity index (χ4v) is 3.20. The van der Waals surface area contributed by atoms with E-state index in [9.17, 15) is 35.1 Å². The van der Waals surface area contributed by atoms with Crippen LogP contribution in [0.5, 0.6) is 23.3 Å². The van der Waals surface area contributed by atoms with Gasteiger partial charge >= 0.3 is 12.4 Å². The molecule has 3 aromatic rings. The van der Waals surface area contributed by atoms with Crippen LogP contribution in [0.3, 0.4) is 0 Å². The molecule has 0 fully saturated rings. The average Bonchev–Trinajstić information content (AvgIpc) is 3.20. The second-order valence-electron chi connectivity index (χ2n) is 5.06. The van der Waals surface area contributed by atoms with E-state index in [1.807, 2.05) is 0 Å². The molecule has 13 heteroatoms. The van der Waals surface area contributed by atoms with Gasteiger partial charge in [-0.05, 0) is 0 Å². The van der Waals surface area contributed by atoms with E-state index in [0.717, 1.165) is 10.8 Å². The van der Waals surface area contributed by atoms with Gasteiger partial charge in [0.1, 0.15) is 21.3 Å². The highest BCUT2D eigenvalue weighted by Gasteiger charge is 2.34. The average molecular weight is 447 g/mol. The topological polar surface area (TPSA) is 31.4 Å². The summed E-state index contributed by atoms with van der Waals surface area (Å²) in [6.45, 7) is 0. The molecule has 0 bridgehead atoms. The second-order valence-corrected chi connectivity index (χ2v) is 6.88. The predicted molar refractivity (Wildman–Crippen MR) is 82.9 cm³/mol. The van der Waals surface area contributed by atoms with E-state index in [4.69, 9.17) is 9.47 Å². The van der Waals surface area contributed by atoms with E-state index < -0.39 is 57.0 Å². The molecule has 150 valence electrons. The van der Waals surface area contributed by atoms with Crippen LogP contribution in [0, 0.1) is 11.6 Å². The number of ether oxygens (including phenoxy) is 2. The summed E-state index contributed by atoms with van der Waals surface area (Å²) in [5.74, 6) is -5.31. The van der Waals surface area contributed by atoms with E-state index in [-0.39, 0.29) is 28.7 Å². The smallest absolute Gasteiger partial charge is 0.425 e. The Kier molecular flexibility index (Phi) is 5.23. The quantitative estimate of drug-likeness (QED) is 0.400. The summed E-state index contributed by atoms with van der Waals surface area (Å²) in [5, 5.41) is 1.87. The third kappa shape index (κ3) is 4.52. The van der Waals surface area contributed by atoms with Crippen molar-refractivity contribution in [2.45, 2.75) is 12.4 Å². The first-order valence-electron chi connectivity index (χ1n) is 6.96. The summed E-state index contributed by atoms with van der Waals surface area (Å²) in [7, 11) is 0. The fourth-order valence-electron chi connectivity index (χ4n) is 1.84. The Morgan fingerprint density at radius 1 is 0.679 bits per heavy atom. The van der Waals surface area contributed by atoms with Gasteiger partial charge in [0, 0.05) is 29.0 Å². The molecule has 0 radical (unpaired) electrons. The zero-order valence-corrected chi connectivity index (χ0v) is 14.6.